The molecule has 3 atom stereocenters. The van der Waals surface area contributed by atoms with E-state index in [-0.39, 0.29) is 30.0 Å². The molecule has 6 heteroatoms. The van der Waals surface area contributed by atoms with Crippen molar-refractivity contribution in [3.8, 4) is 5.75 Å². The van der Waals surface area contributed by atoms with Gasteiger partial charge in [0.1, 0.15) is 11.6 Å². The van der Waals surface area contributed by atoms with E-state index in [0.29, 0.717) is 31.7 Å². The molecule has 7 rings (SSSR count). The number of H-pyrrole nitrogens is 1. The average Bonchev–Trinajstić information content (AvgIpc) is 3.68. The number of hydrogen-bond acceptors (Lipinski definition) is 3. The molecule has 1 aromatic heterocycles. The zero-order chi connectivity index (χ0) is 29.6. The Balaban J connectivity index is 1.33. The molecule has 2 aliphatic rings. The molecule has 5 aromatic rings. The second-order valence-corrected chi connectivity index (χ2v) is 12.0. The molecular weight excluding hydrogens is 539 g/mol. The lowest BCUT2D eigenvalue weighted by atomic mass is 9.52. The Bertz CT molecular complexity index is 1730. The SMILES string of the molecule is COc1ccccc1C1(O)CCC(c2ccccc2)(c2ccccc2)[C@H]2CN(C(=O)Cc3c[nH]c4ccc(F)cc34)CC21. The highest BCUT2D eigenvalue weighted by Gasteiger charge is 2.61. The number of aliphatic hydroxyl groups is 1. The first-order chi connectivity index (χ1) is 20.9. The molecule has 43 heavy (non-hydrogen) atoms. The first kappa shape index (κ1) is 27.4. The number of hydrogen-bond donors (Lipinski definition) is 2. The third-order valence-corrected chi connectivity index (χ3v) is 10.0. The maximum Gasteiger partial charge on any atom is 0.227 e. The molecule has 2 heterocycles. The molecule has 1 aliphatic heterocycles. The number of ether oxygens (including phenoxy) is 1. The first-order valence-electron chi connectivity index (χ1n) is 14.9. The Labute approximate surface area is 250 Å². The van der Waals surface area contributed by atoms with Crippen molar-refractivity contribution >= 4 is 16.8 Å². The highest BCUT2D eigenvalue weighted by Crippen LogP contribution is 2.60. The number of aromatic nitrogens is 1. The molecule has 0 radical (unpaired) electrons. The third kappa shape index (κ3) is 4.43. The van der Waals surface area contributed by atoms with Crippen molar-refractivity contribution in [3.63, 3.8) is 0 Å². The second kappa shape index (κ2) is 10.7. The fourth-order valence-corrected chi connectivity index (χ4v) is 8.01. The highest BCUT2D eigenvalue weighted by atomic mass is 19.1. The average molecular weight is 575 g/mol. The van der Waals surface area contributed by atoms with Crippen LogP contribution in [-0.2, 0) is 22.2 Å². The fraction of sp³-hybridized carbons (Fsp3) is 0.270. The number of para-hydroxylation sites is 1. The summed E-state index contributed by atoms with van der Waals surface area (Å²) < 4.78 is 19.9. The van der Waals surface area contributed by atoms with Crippen molar-refractivity contribution in [1.29, 1.82) is 0 Å². The van der Waals surface area contributed by atoms with Crippen molar-refractivity contribution in [2.24, 2.45) is 11.8 Å². The lowest BCUT2D eigenvalue weighted by Gasteiger charge is -2.53. The van der Waals surface area contributed by atoms with Crippen molar-refractivity contribution in [3.05, 3.63) is 137 Å². The molecular formula is C37H35FN2O3. The minimum atomic E-state index is -1.19. The Kier molecular flexibility index (Phi) is 6.82. The number of nitrogens with zero attached hydrogens (tertiary/aromatic N) is 1. The molecule has 0 bridgehead atoms. The number of nitrogens with one attached hydrogen (secondary N) is 1. The number of rotatable bonds is 6. The van der Waals surface area contributed by atoms with Crippen LogP contribution < -0.4 is 4.74 Å². The number of carbonyl (C=O) groups is 1. The van der Waals surface area contributed by atoms with Crippen LogP contribution in [0.3, 0.4) is 0 Å². The van der Waals surface area contributed by atoms with E-state index >= 15 is 0 Å². The van der Waals surface area contributed by atoms with Gasteiger partial charge >= 0.3 is 0 Å². The van der Waals surface area contributed by atoms with Gasteiger partial charge in [-0.2, -0.15) is 0 Å². The van der Waals surface area contributed by atoms with Crippen molar-refractivity contribution < 1.29 is 19.0 Å². The Morgan fingerprint density at radius 2 is 1.56 bits per heavy atom. The highest BCUT2D eigenvalue weighted by molar-refractivity contribution is 5.89. The quantitative estimate of drug-likeness (QED) is 0.240. The topological polar surface area (TPSA) is 65.6 Å². The molecule has 4 aromatic carbocycles. The van der Waals surface area contributed by atoms with Crippen LogP contribution in [0.4, 0.5) is 4.39 Å². The number of halogens is 1. The lowest BCUT2D eigenvalue weighted by molar-refractivity contribution is -0.130. The van der Waals surface area contributed by atoms with Gasteiger partial charge in [0.05, 0.1) is 19.1 Å². The van der Waals surface area contributed by atoms with E-state index in [1.807, 2.05) is 41.3 Å². The van der Waals surface area contributed by atoms with Gasteiger partial charge in [-0.05, 0) is 59.7 Å². The van der Waals surface area contributed by atoms with Crippen molar-refractivity contribution in [2.45, 2.75) is 30.3 Å². The number of methoxy groups -OCH3 is 1. The largest absolute Gasteiger partial charge is 0.496 e. The summed E-state index contributed by atoms with van der Waals surface area (Å²) in [5, 5.41) is 13.4. The van der Waals surface area contributed by atoms with Crippen LogP contribution in [0, 0.1) is 17.7 Å². The van der Waals surface area contributed by atoms with Crippen LogP contribution in [0.1, 0.15) is 35.1 Å². The second-order valence-electron chi connectivity index (χ2n) is 12.0. The molecule has 2 unspecified atom stereocenters. The number of fused-ring (bicyclic) bond motifs is 2. The maximum atomic E-state index is 14.1. The third-order valence-electron chi connectivity index (χ3n) is 10.0. The summed E-state index contributed by atoms with van der Waals surface area (Å²) >= 11 is 0. The van der Waals surface area contributed by atoms with Gasteiger partial charge < -0.3 is 19.7 Å². The van der Waals surface area contributed by atoms with Gasteiger partial charge in [0.15, 0.2) is 0 Å². The molecule has 5 nitrogen and oxygen atoms in total. The summed E-state index contributed by atoms with van der Waals surface area (Å²) in [6.07, 6.45) is 3.18. The summed E-state index contributed by atoms with van der Waals surface area (Å²) in [5.41, 5.74) is 3.13. The lowest BCUT2D eigenvalue weighted by Crippen LogP contribution is -2.53. The van der Waals surface area contributed by atoms with Gasteiger partial charge in [-0.3, -0.25) is 4.79 Å². The molecule has 218 valence electrons. The standard InChI is InChI=1S/C37H35FN2O3/c1-43-34-15-9-8-14-30(34)37(42)19-18-36(26-10-4-2-5-11-26,27-12-6-3-7-13-27)31-23-40(24-32(31)37)35(41)20-25-22-39-33-17-16-28(38)21-29(25)33/h2-17,21-22,31-32,39,42H,18-20,23-24H2,1H3/t31-,32?,37?/m0/s1. The van der Waals surface area contributed by atoms with E-state index in [2.05, 4.69) is 53.5 Å². The molecule has 0 spiro atoms. The van der Waals surface area contributed by atoms with Crippen LogP contribution in [0.2, 0.25) is 0 Å². The van der Waals surface area contributed by atoms with Crippen molar-refractivity contribution in [2.75, 3.05) is 20.2 Å². The normalized spacial score (nSPS) is 22.8. The maximum absolute atomic E-state index is 14.1. The van der Waals surface area contributed by atoms with Gasteiger partial charge in [0, 0.05) is 47.1 Å². The molecule has 1 saturated carbocycles. The fourth-order valence-electron chi connectivity index (χ4n) is 8.01. The van der Waals surface area contributed by atoms with Crippen molar-refractivity contribution in [1.82, 2.24) is 9.88 Å². The molecule has 1 amide bonds. The zero-order valence-corrected chi connectivity index (χ0v) is 24.2. The van der Waals surface area contributed by atoms with Gasteiger partial charge in [-0.1, -0.05) is 78.9 Å². The predicted octanol–water partition coefficient (Wildman–Crippen LogP) is 6.60. The van der Waals surface area contributed by atoms with E-state index in [4.69, 9.17) is 4.74 Å². The van der Waals surface area contributed by atoms with Crippen LogP contribution in [0.15, 0.2) is 109 Å². The van der Waals surface area contributed by atoms with Gasteiger partial charge in [0.2, 0.25) is 5.91 Å². The Hall–Kier alpha value is -4.42. The van der Waals surface area contributed by atoms with Gasteiger partial charge in [0.25, 0.3) is 0 Å². The zero-order valence-electron chi connectivity index (χ0n) is 24.2. The van der Waals surface area contributed by atoms with Crippen LogP contribution in [0.5, 0.6) is 5.75 Å². The number of amides is 1. The Morgan fingerprint density at radius 3 is 2.26 bits per heavy atom. The molecule has 2 fully saturated rings. The number of likely N-dealkylation sites (tertiary alicyclic amines) is 1. The first-order valence-corrected chi connectivity index (χ1v) is 14.9. The van der Waals surface area contributed by atoms with E-state index in [9.17, 15) is 14.3 Å². The summed E-state index contributed by atoms with van der Waals surface area (Å²) in [6.45, 7) is 0.914. The number of carbonyl (C=O) groups excluding carboxylic acids is 1. The number of aromatic amines is 1. The van der Waals surface area contributed by atoms with E-state index in [1.165, 1.54) is 23.3 Å². The summed E-state index contributed by atoms with van der Waals surface area (Å²) in [7, 11) is 1.63. The molecule has 1 saturated heterocycles. The summed E-state index contributed by atoms with van der Waals surface area (Å²) in [4.78, 5) is 19.1. The molecule has 2 N–H and O–H groups in total. The summed E-state index contributed by atoms with van der Waals surface area (Å²) in [6, 6.07) is 33.4. The van der Waals surface area contributed by atoms with Crippen LogP contribution >= 0.6 is 0 Å². The number of benzene rings is 4. The van der Waals surface area contributed by atoms with E-state index < -0.39 is 11.0 Å². The van der Waals surface area contributed by atoms with Gasteiger partial charge in [-0.15, -0.1) is 0 Å². The van der Waals surface area contributed by atoms with Crippen LogP contribution in [0.25, 0.3) is 10.9 Å². The minimum Gasteiger partial charge on any atom is -0.496 e. The van der Waals surface area contributed by atoms with E-state index in [1.54, 1.807) is 19.4 Å². The molecule has 1 aliphatic carbocycles. The predicted molar refractivity (Wildman–Crippen MR) is 165 cm³/mol. The van der Waals surface area contributed by atoms with Crippen LogP contribution in [-0.4, -0.2) is 41.1 Å². The minimum absolute atomic E-state index is 0.0306. The van der Waals surface area contributed by atoms with Gasteiger partial charge in [-0.25, -0.2) is 4.39 Å². The Morgan fingerprint density at radius 1 is 0.907 bits per heavy atom. The van der Waals surface area contributed by atoms with E-state index in [0.717, 1.165) is 22.0 Å². The monoisotopic (exact) mass is 574 g/mol. The summed E-state index contributed by atoms with van der Waals surface area (Å²) in [5.74, 6) is -0.0174. The smallest absolute Gasteiger partial charge is 0.227 e.